The predicted molar refractivity (Wildman–Crippen MR) is 75.6 cm³/mol. The lowest BCUT2D eigenvalue weighted by atomic mass is 10.1. The first-order valence-corrected chi connectivity index (χ1v) is 7.50. The van der Waals surface area contributed by atoms with Crippen molar-refractivity contribution in [1.29, 1.82) is 0 Å². The van der Waals surface area contributed by atoms with Gasteiger partial charge in [-0.1, -0.05) is 27.7 Å². The van der Waals surface area contributed by atoms with Crippen LogP contribution in [0.3, 0.4) is 0 Å². The lowest BCUT2D eigenvalue weighted by Gasteiger charge is -2.15. The molecule has 1 unspecified atom stereocenters. The molecule has 17 heavy (non-hydrogen) atoms. The van der Waals surface area contributed by atoms with Crippen molar-refractivity contribution in [3.05, 3.63) is 34.6 Å². The van der Waals surface area contributed by atoms with Crippen molar-refractivity contribution >= 4 is 39.2 Å². The normalized spacial score (nSPS) is 12.6. The van der Waals surface area contributed by atoms with E-state index >= 15 is 0 Å². The predicted octanol–water partition coefficient (Wildman–Crippen LogP) is 3.73. The number of nitrogens with one attached hydrogen (secondary N) is 1. The summed E-state index contributed by atoms with van der Waals surface area (Å²) < 4.78 is 6.08. The van der Waals surface area contributed by atoms with Crippen LogP contribution < -0.4 is 5.32 Å². The molecule has 1 N–H and O–H groups in total. The molecule has 0 aliphatic rings. The quantitative estimate of drug-likeness (QED) is 0.927. The molecule has 90 valence electrons. The Morgan fingerprint density at radius 1 is 1.47 bits per heavy atom. The second-order valence-electron chi connectivity index (χ2n) is 3.50. The molecule has 1 aromatic carbocycles. The third-order valence-corrected chi connectivity index (χ3v) is 4.71. The molecule has 2 aromatic rings. The van der Waals surface area contributed by atoms with Crippen molar-refractivity contribution < 1.29 is 0 Å². The van der Waals surface area contributed by atoms with E-state index < -0.39 is 0 Å². The van der Waals surface area contributed by atoms with Gasteiger partial charge in [-0.05, 0) is 49.3 Å². The topological polar surface area (TPSA) is 37.8 Å². The first kappa shape index (κ1) is 13.0. The summed E-state index contributed by atoms with van der Waals surface area (Å²) in [6.45, 7) is 2.14. The zero-order valence-electron chi connectivity index (χ0n) is 9.48. The molecule has 1 aromatic heterocycles. The molecule has 0 bridgehead atoms. The van der Waals surface area contributed by atoms with Gasteiger partial charge in [-0.3, -0.25) is 0 Å². The smallest absolute Gasteiger partial charge is 0.174 e. The number of rotatable bonds is 4. The highest BCUT2D eigenvalue weighted by molar-refractivity contribution is 9.10. The molecular weight excluding hydrogens is 318 g/mol. The van der Waals surface area contributed by atoms with Gasteiger partial charge in [0, 0.05) is 15.4 Å². The van der Waals surface area contributed by atoms with Crippen molar-refractivity contribution in [2.45, 2.75) is 22.2 Å². The van der Waals surface area contributed by atoms with Gasteiger partial charge in [-0.2, -0.15) is 4.37 Å². The molecule has 0 radical (unpaired) electrons. The van der Waals surface area contributed by atoms with E-state index in [0.717, 1.165) is 8.81 Å². The monoisotopic (exact) mass is 329 g/mol. The van der Waals surface area contributed by atoms with Crippen LogP contribution in [0.2, 0.25) is 0 Å². The summed E-state index contributed by atoms with van der Waals surface area (Å²) >= 11 is 6.59. The van der Waals surface area contributed by atoms with Gasteiger partial charge in [-0.25, -0.2) is 4.98 Å². The number of nitrogens with zero attached hydrogens (tertiary/aromatic N) is 2. The maximum Gasteiger partial charge on any atom is 0.174 e. The Balaban J connectivity index is 2.32. The third kappa shape index (κ3) is 3.28. The molecule has 0 fully saturated rings. The molecule has 0 saturated carbocycles. The zero-order valence-corrected chi connectivity index (χ0v) is 12.7. The maximum atomic E-state index is 4.20. The van der Waals surface area contributed by atoms with Crippen molar-refractivity contribution in [3.8, 4) is 0 Å². The second kappa shape index (κ2) is 5.95. The van der Waals surface area contributed by atoms with Gasteiger partial charge in [-0.15, -0.1) is 0 Å². The number of hydrogen-bond donors (Lipinski definition) is 1. The summed E-state index contributed by atoms with van der Waals surface area (Å²) in [5.74, 6) is 0. The SMILES string of the molecule is CNC(C)c1cc(Br)ccc1Sc1ncns1. The molecule has 0 spiro atoms. The Morgan fingerprint density at radius 2 is 2.29 bits per heavy atom. The summed E-state index contributed by atoms with van der Waals surface area (Å²) in [4.78, 5) is 5.41. The highest BCUT2D eigenvalue weighted by Crippen LogP contribution is 2.35. The van der Waals surface area contributed by atoms with Crippen molar-refractivity contribution in [3.63, 3.8) is 0 Å². The third-order valence-electron chi connectivity index (χ3n) is 2.41. The van der Waals surface area contributed by atoms with E-state index in [9.17, 15) is 0 Å². The number of hydrogen-bond acceptors (Lipinski definition) is 5. The summed E-state index contributed by atoms with van der Waals surface area (Å²) in [6, 6.07) is 6.61. The first-order chi connectivity index (χ1) is 8.20. The minimum atomic E-state index is 0.308. The van der Waals surface area contributed by atoms with Gasteiger partial charge in [0.1, 0.15) is 6.33 Å². The molecule has 3 nitrogen and oxygen atoms in total. The van der Waals surface area contributed by atoms with Crippen LogP contribution in [0.15, 0.2) is 38.2 Å². The van der Waals surface area contributed by atoms with Crippen molar-refractivity contribution in [2.24, 2.45) is 0 Å². The van der Waals surface area contributed by atoms with Gasteiger partial charge in [0.25, 0.3) is 0 Å². The van der Waals surface area contributed by atoms with E-state index in [-0.39, 0.29) is 0 Å². The highest BCUT2D eigenvalue weighted by atomic mass is 79.9. The number of aromatic nitrogens is 2. The molecule has 6 heteroatoms. The van der Waals surface area contributed by atoms with E-state index in [4.69, 9.17) is 0 Å². The molecule has 0 aliphatic carbocycles. The molecular formula is C11H12BrN3S2. The van der Waals surface area contributed by atoms with E-state index in [1.165, 1.54) is 22.0 Å². The number of halogens is 1. The Morgan fingerprint density at radius 3 is 2.94 bits per heavy atom. The van der Waals surface area contributed by atoms with Gasteiger partial charge < -0.3 is 5.32 Å². The van der Waals surface area contributed by atoms with Gasteiger partial charge in [0.2, 0.25) is 0 Å². The largest absolute Gasteiger partial charge is 0.313 e. The van der Waals surface area contributed by atoms with E-state index in [1.807, 2.05) is 7.05 Å². The summed E-state index contributed by atoms with van der Waals surface area (Å²) in [5, 5.41) is 3.26. The summed E-state index contributed by atoms with van der Waals surface area (Å²) in [5.41, 5.74) is 1.27. The first-order valence-electron chi connectivity index (χ1n) is 5.12. The van der Waals surface area contributed by atoms with Gasteiger partial charge in [0.05, 0.1) is 0 Å². The zero-order chi connectivity index (χ0) is 12.3. The fourth-order valence-corrected chi connectivity index (χ4v) is 3.39. The summed E-state index contributed by atoms with van der Waals surface area (Å²) in [6.07, 6.45) is 1.59. The fraction of sp³-hybridized carbons (Fsp3) is 0.273. The molecule has 0 aliphatic heterocycles. The van der Waals surface area contributed by atoms with Crippen molar-refractivity contribution in [2.75, 3.05) is 7.05 Å². The minimum absolute atomic E-state index is 0.308. The highest BCUT2D eigenvalue weighted by Gasteiger charge is 2.12. The van der Waals surface area contributed by atoms with Crippen LogP contribution in [0.5, 0.6) is 0 Å². The fourth-order valence-electron chi connectivity index (χ4n) is 1.41. The average molecular weight is 330 g/mol. The molecule has 1 atom stereocenters. The Labute approximate surface area is 117 Å². The summed E-state index contributed by atoms with van der Waals surface area (Å²) in [7, 11) is 1.96. The molecule has 0 amide bonds. The standard InChI is InChI=1S/C11H12BrN3S2/c1-7(13-2)9-5-8(12)3-4-10(9)16-11-14-6-15-17-11/h3-7,13H,1-2H3. The van der Waals surface area contributed by atoms with E-state index in [0.29, 0.717) is 6.04 Å². The van der Waals surface area contributed by atoms with E-state index in [1.54, 1.807) is 18.1 Å². The second-order valence-corrected chi connectivity index (χ2v) is 6.49. The van der Waals surface area contributed by atoms with Crippen LogP contribution in [0.1, 0.15) is 18.5 Å². The van der Waals surface area contributed by atoms with Crippen molar-refractivity contribution in [1.82, 2.24) is 14.7 Å². The molecule has 0 saturated heterocycles. The minimum Gasteiger partial charge on any atom is -0.313 e. The van der Waals surface area contributed by atoms with Crippen LogP contribution in [-0.2, 0) is 0 Å². The van der Waals surface area contributed by atoms with Crippen LogP contribution in [0, 0.1) is 0 Å². The Bertz CT molecular complexity index is 487. The van der Waals surface area contributed by atoms with E-state index in [2.05, 4.69) is 55.7 Å². The lowest BCUT2D eigenvalue weighted by molar-refractivity contribution is 0.641. The Hall–Kier alpha value is -0.430. The molecule has 2 rings (SSSR count). The van der Waals surface area contributed by atoms with Crippen LogP contribution >= 0.6 is 39.2 Å². The average Bonchev–Trinajstić information content (AvgIpc) is 2.83. The Kier molecular flexibility index (Phi) is 4.55. The number of benzene rings is 1. The van der Waals surface area contributed by atoms with Crippen LogP contribution in [0.4, 0.5) is 0 Å². The lowest BCUT2D eigenvalue weighted by Crippen LogP contribution is -2.13. The molecule has 1 heterocycles. The maximum absolute atomic E-state index is 4.20. The van der Waals surface area contributed by atoms with Gasteiger partial charge >= 0.3 is 0 Å². The van der Waals surface area contributed by atoms with Crippen LogP contribution in [-0.4, -0.2) is 16.4 Å². The van der Waals surface area contributed by atoms with Gasteiger partial charge in [0.15, 0.2) is 4.34 Å². The van der Waals surface area contributed by atoms with Crippen LogP contribution in [0.25, 0.3) is 0 Å².